The SMILES string of the molecule is CCC1CCC(n2cc3cc(NC(=O)c4ccccn4)c(OC)cc3n2)CC1. The molecule has 0 saturated heterocycles. The second-order valence-corrected chi connectivity index (χ2v) is 7.47. The van der Waals surface area contributed by atoms with Gasteiger partial charge in [-0.25, -0.2) is 0 Å². The first kappa shape index (κ1) is 18.5. The van der Waals surface area contributed by atoms with Gasteiger partial charge in [-0.05, 0) is 49.8 Å². The number of carbonyl (C=O) groups excluding carboxylic acids is 1. The third-order valence-electron chi connectivity index (χ3n) is 5.76. The number of benzene rings is 1. The molecule has 1 aromatic carbocycles. The van der Waals surface area contributed by atoms with Crippen LogP contribution >= 0.6 is 0 Å². The van der Waals surface area contributed by atoms with Crippen molar-refractivity contribution in [3.8, 4) is 5.75 Å². The van der Waals surface area contributed by atoms with Crippen molar-refractivity contribution in [1.29, 1.82) is 0 Å². The quantitative estimate of drug-likeness (QED) is 0.690. The van der Waals surface area contributed by atoms with Crippen molar-refractivity contribution in [3.63, 3.8) is 0 Å². The van der Waals surface area contributed by atoms with Crippen LogP contribution in [-0.2, 0) is 0 Å². The van der Waals surface area contributed by atoms with E-state index in [2.05, 4.69) is 28.1 Å². The van der Waals surface area contributed by atoms with Crippen LogP contribution in [0.4, 0.5) is 5.69 Å². The van der Waals surface area contributed by atoms with Gasteiger partial charge in [0.25, 0.3) is 5.91 Å². The molecule has 0 aliphatic heterocycles. The lowest BCUT2D eigenvalue weighted by Gasteiger charge is -2.27. The summed E-state index contributed by atoms with van der Waals surface area (Å²) in [6, 6.07) is 9.53. The number of amides is 1. The molecule has 0 atom stereocenters. The van der Waals surface area contributed by atoms with Crippen molar-refractivity contribution in [2.75, 3.05) is 12.4 Å². The van der Waals surface area contributed by atoms with E-state index in [0.29, 0.717) is 23.2 Å². The zero-order valence-electron chi connectivity index (χ0n) is 16.4. The molecule has 1 fully saturated rings. The lowest BCUT2D eigenvalue weighted by atomic mass is 9.85. The molecule has 1 N–H and O–H groups in total. The number of fused-ring (bicyclic) bond motifs is 1. The number of nitrogens with zero attached hydrogens (tertiary/aromatic N) is 3. The first-order valence-corrected chi connectivity index (χ1v) is 9.97. The molecule has 1 amide bonds. The first-order valence-electron chi connectivity index (χ1n) is 9.97. The van der Waals surface area contributed by atoms with Gasteiger partial charge in [-0.1, -0.05) is 19.4 Å². The van der Waals surface area contributed by atoms with E-state index < -0.39 is 0 Å². The molecule has 3 aromatic rings. The van der Waals surface area contributed by atoms with Gasteiger partial charge in [0.15, 0.2) is 0 Å². The molecule has 1 saturated carbocycles. The van der Waals surface area contributed by atoms with E-state index in [9.17, 15) is 4.79 Å². The van der Waals surface area contributed by atoms with E-state index in [1.54, 1.807) is 31.5 Å². The highest BCUT2D eigenvalue weighted by Crippen LogP contribution is 2.35. The smallest absolute Gasteiger partial charge is 0.274 e. The van der Waals surface area contributed by atoms with Gasteiger partial charge < -0.3 is 10.1 Å². The summed E-state index contributed by atoms with van der Waals surface area (Å²) in [4.78, 5) is 16.6. The van der Waals surface area contributed by atoms with Gasteiger partial charge in [-0.3, -0.25) is 14.5 Å². The van der Waals surface area contributed by atoms with Crippen LogP contribution in [-0.4, -0.2) is 27.8 Å². The average Bonchev–Trinajstić information content (AvgIpc) is 3.16. The zero-order chi connectivity index (χ0) is 19.5. The normalized spacial score (nSPS) is 19.5. The van der Waals surface area contributed by atoms with Gasteiger partial charge in [0.05, 0.1) is 24.4 Å². The lowest BCUT2D eigenvalue weighted by Crippen LogP contribution is -2.18. The molecule has 28 heavy (non-hydrogen) atoms. The predicted molar refractivity (Wildman–Crippen MR) is 110 cm³/mol. The largest absolute Gasteiger partial charge is 0.494 e. The molecule has 6 nitrogen and oxygen atoms in total. The Balaban J connectivity index is 1.59. The summed E-state index contributed by atoms with van der Waals surface area (Å²) in [7, 11) is 1.60. The van der Waals surface area contributed by atoms with Gasteiger partial charge in [-0.2, -0.15) is 5.10 Å². The van der Waals surface area contributed by atoms with E-state index in [1.807, 2.05) is 12.1 Å². The van der Waals surface area contributed by atoms with Crippen LogP contribution in [0.1, 0.15) is 55.6 Å². The van der Waals surface area contributed by atoms with E-state index >= 15 is 0 Å². The van der Waals surface area contributed by atoms with Gasteiger partial charge in [0.2, 0.25) is 0 Å². The predicted octanol–water partition coefficient (Wildman–Crippen LogP) is 4.83. The Morgan fingerprint density at radius 2 is 2.07 bits per heavy atom. The molecule has 1 aliphatic carbocycles. The van der Waals surface area contributed by atoms with Crippen molar-refractivity contribution < 1.29 is 9.53 Å². The third-order valence-corrected chi connectivity index (χ3v) is 5.76. The standard InChI is InChI=1S/C22H26N4O2/c1-3-15-7-9-17(10-8-15)26-14-16-12-20(21(28-2)13-19(16)25-26)24-22(27)18-6-4-5-11-23-18/h4-6,11-15,17H,3,7-10H2,1-2H3,(H,24,27). The fourth-order valence-corrected chi connectivity index (χ4v) is 4.03. The van der Waals surface area contributed by atoms with Crippen LogP contribution < -0.4 is 10.1 Å². The molecular weight excluding hydrogens is 352 g/mol. The molecular formula is C22H26N4O2. The number of aromatic nitrogens is 3. The highest BCUT2D eigenvalue weighted by Gasteiger charge is 2.22. The summed E-state index contributed by atoms with van der Waals surface area (Å²) >= 11 is 0. The maximum absolute atomic E-state index is 12.5. The van der Waals surface area contributed by atoms with Crippen LogP contribution in [0.3, 0.4) is 0 Å². The monoisotopic (exact) mass is 378 g/mol. The molecule has 0 radical (unpaired) electrons. The molecule has 2 heterocycles. The minimum absolute atomic E-state index is 0.261. The summed E-state index contributed by atoms with van der Waals surface area (Å²) < 4.78 is 7.59. The second kappa shape index (κ2) is 8.00. The fraction of sp³-hybridized carbons (Fsp3) is 0.409. The Morgan fingerprint density at radius 1 is 1.25 bits per heavy atom. The molecule has 0 bridgehead atoms. The number of nitrogens with one attached hydrogen (secondary N) is 1. The first-order chi connectivity index (χ1) is 13.7. The van der Waals surface area contributed by atoms with Crippen molar-refractivity contribution in [1.82, 2.24) is 14.8 Å². The molecule has 2 aromatic heterocycles. The highest BCUT2D eigenvalue weighted by atomic mass is 16.5. The number of rotatable bonds is 5. The lowest BCUT2D eigenvalue weighted by molar-refractivity contribution is 0.102. The van der Waals surface area contributed by atoms with Crippen molar-refractivity contribution in [2.45, 2.75) is 45.1 Å². The van der Waals surface area contributed by atoms with Crippen LogP contribution in [0.2, 0.25) is 0 Å². The molecule has 0 unspecified atom stereocenters. The highest BCUT2D eigenvalue weighted by molar-refractivity contribution is 6.04. The van der Waals surface area contributed by atoms with Crippen molar-refractivity contribution in [2.24, 2.45) is 5.92 Å². The number of anilines is 1. The molecule has 4 rings (SSSR count). The number of ether oxygens (including phenoxy) is 1. The average molecular weight is 378 g/mol. The fourth-order valence-electron chi connectivity index (χ4n) is 4.03. The summed E-state index contributed by atoms with van der Waals surface area (Å²) in [5, 5.41) is 8.69. The Labute approximate surface area is 164 Å². The number of methoxy groups -OCH3 is 1. The molecule has 0 spiro atoms. The summed E-state index contributed by atoms with van der Waals surface area (Å²) in [5.41, 5.74) is 1.87. The number of carbonyl (C=O) groups is 1. The summed E-state index contributed by atoms with van der Waals surface area (Å²) in [6.07, 6.45) is 9.84. The topological polar surface area (TPSA) is 69.0 Å². The van der Waals surface area contributed by atoms with Crippen molar-refractivity contribution in [3.05, 3.63) is 48.4 Å². The Morgan fingerprint density at radius 3 is 2.75 bits per heavy atom. The van der Waals surface area contributed by atoms with Gasteiger partial charge in [0.1, 0.15) is 11.4 Å². The number of hydrogen-bond donors (Lipinski definition) is 1. The Kier molecular flexibility index (Phi) is 5.28. The zero-order valence-corrected chi connectivity index (χ0v) is 16.4. The van der Waals surface area contributed by atoms with Crippen LogP contribution in [0.25, 0.3) is 10.9 Å². The van der Waals surface area contributed by atoms with Gasteiger partial charge in [-0.15, -0.1) is 0 Å². The molecule has 146 valence electrons. The van der Waals surface area contributed by atoms with E-state index in [4.69, 9.17) is 9.84 Å². The van der Waals surface area contributed by atoms with Crippen LogP contribution in [0, 0.1) is 5.92 Å². The van der Waals surface area contributed by atoms with E-state index in [1.165, 1.54) is 32.1 Å². The molecule has 6 heteroatoms. The Hall–Kier alpha value is -2.89. The number of pyridine rings is 1. The Bertz CT molecular complexity index is 959. The van der Waals surface area contributed by atoms with Gasteiger partial charge in [0, 0.05) is 23.8 Å². The number of hydrogen-bond acceptors (Lipinski definition) is 4. The van der Waals surface area contributed by atoms with Crippen molar-refractivity contribution >= 4 is 22.5 Å². The second-order valence-electron chi connectivity index (χ2n) is 7.47. The maximum atomic E-state index is 12.5. The van der Waals surface area contributed by atoms with Gasteiger partial charge >= 0.3 is 0 Å². The third kappa shape index (κ3) is 3.72. The van der Waals surface area contributed by atoms with Crippen LogP contribution in [0.15, 0.2) is 42.7 Å². The maximum Gasteiger partial charge on any atom is 0.274 e. The summed E-state index contributed by atoms with van der Waals surface area (Å²) in [6.45, 7) is 2.28. The van der Waals surface area contributed by atoms with E-state index in [0.717, 1.165) is 16.8 Å². The summed E-state index contributed by atoms with van der Waals surface area (Å²) in [5.74, 6) is 1.19. The van der Waals surface area contributed by atoms with E-state index in [-0.39, 0.29) is 5.91 Å². The minimum atomic E-state index is -0.261. The molecule has 1 aliphatic rings. The minimum Gasteiger partial charge on any atom is -0.494 e. The van der Waals surface area contributed by atoms with Crippen LogP contribution in [0.5, 0.6) is 5.75 Å².